The van der Waals surface area contributed by atoms with Crippen LogP contribution in [0.5, 0.6) is 0 Å². The summed E-state index contributed by atoms with van der Waals surface area (Å²) >= 11 is 7.22. The third-order valence-electron chi connectivity index (χ3n) is 2.84. The molecule has 1 N–H and O–H groups in total. The number of nitrogens with zero attached hydrogens (tertiary/aromatic N) is 4. The van der Waals surface area contributed by atoms with E-state index in [4.69, 9.17) is 16.9 Å². The molecule has 1 aromatic carbocycles. The first-order valence-corrected chi connectivity index (χ1v) is 7.67. The molecule has 0 bridgehead atoms. The van der Waals surface area contributed by atoms with Crippen molar-refractivity contribution in [2.75, 3.05) is 5.32 Å². The molecule has 0 saturated heterocycles. The Labute approximate surface area is 140 Å². The molecule has 6 nitrogen and oxygen atoms in total. The van der Waals surface area contributed by atoms with Gasteiger partial charge in [-0.3, -0.25) is 4.79 Å². The first kappa shape index (κ1) is 15.1. The maximum absolute atomic E-state index is 12.2. The molecule has 1 amide bonds. The molecule has 0 spiro atoms. The molecule has 112 valence electrons. The van der Waals surface area contributed by atoms with Crippen molar-refractivity contribution in [3.05, 3.63) is 58.3 Å². The highest BCUT2D eigenvalue weighted by Crippen LogP contribution is 2.22. The van der Waals surface area contributed by atoms with Crippen LogP contribution < -0.4 is 5.32 Å². The second-order valence-electron chi connectivity index (χ2n) is 4.37. The van der Waals surface area contributed by atoms with Crippen LogP contribution in [-0.4, -0.2) is 20.9 Å². The molecule has 2 aromatic heterocycles. The van der Waals surface area contributed by atoms with Crippen molar-refractivity contribution < 1.29 is 4.79 Å². The molecular formula is C15H8ClN5OS. The smallest absolute Gasteiger partial charge is 0.275 e. The van der Waals surface area contributed by atoms with Gasteiger partial charge >= 0.3 is 0 Å². The van der Waals surface area contributed by atoms with Gasteiger partial charge in [0, 0.05) is 23.5 Å². The van der Waals surface area contributed by atoms with Crippen LogP contribution in [0.15, 0.2) is 42.0 Å². The summed E-state index contributed by atoms with van der Waals surface area (Å²) in [6.07, 6.45) is 3.23. The zero-order valence-corrected chi connectivity index (χ0v) is 13.1. The largest absolute Gasteiger partial charge is 0.321 e. The van der Waals surface area contributed by atoms with Gasteiger partial charge in [0.1, 0.15) is 11.8 Å². The fourth-order valence-corrected chi connectivity index (χ4v) is 2.74. The van der Waals surface area contributed by atoms with Gasteiger partial charge in [0.2, 0.25) is 0 Å². The first-order valence-electron chi connectivity index (χ1n) is 6.41. The summed E-state index contributed by atoms with van der Waals surface area (Å²) in [7, 11) is 0. The van der Waals surface area contributed by atoms with Crippen LogP contribution in [0.3, 0.4) is 0 Å². The monoisotopic (exact) mass is 341 g/mol. The van der Waals surface area contributed by atoms with E-state index >= 15 is 0 Å². The van der Waals surface area contributed by atoms with Crippen LogP contribution >= 0.6 is 22.9 Å². The second kappa shape index (κ2) is 6.52. The molecule has 3 rings (SSSR count). The number of aromatic nitrogens is 3. The second-order valence-corrected chi connectivity index (χ2v) is 5.64. The maximum atomic E-state index is 12.2. The zero-order valence-electron chi connectivity index (χ0n) is 11.5. The fraction of sp³-hybridized carbons (Fsp3) is 0. The van der Waals surface area contributed by atoms with E-state index in [1.165, 1.54) is 17.4 Å². The Morgan fingerprint density at radius 1 is 1.30 bits per heavy atom. The van der Waals surface area contributed by atoms with E-state index in [-0.39, 0.29) is 16.6 Å². The van der Waals surface area contributed by atoms with Gasteiger partial charge in [0.05, 0.1) is 10.6 Å². The predicted molar refractivity (Wildman–Crippen MR) is 87.3 cm³/mol. The van der Waals surface area contributed by atoms with Crippen LogP contribution in [0.25, 0.3) is 10.8 Å². The summed E-state index contributed by atoms with van der Waals surface area (Å²) in [4.78, 5) is 24.6. The van der Waals surface area contributed by atoms with Crippen LogP contribution in [0, 0.1) is 11.3 Å². The Morgan fingerprint density at radius 2 is 2.09 bits per heavy atom. The number of rotatable bonds is 3. The quantitative estimate of drug-likeness (QED) is 0.788. The number of halogens is 1. The molecular weight excluding hydrogens is 334 g/mol. The van der Waals surface area contributed by atoms with Gasteiger partial charge in [0.25, 0.3) is 5.91 Å². The average Bonchev–Trinajstić information content (AvgIpc) is 3.06. The lowest BCUT2D eigenvalue weighted by molar-refractivity contribution is 0.102. The highest BCUT2D eigenvalue weighted by molar-refractivity contribution is 7.13. The van der Waals surface area contributed by atoms with E-state index in [1.54, 1.807) is 36.0 Å². The number of nitriles is 1. The van der Waals surface area contributed by atoms with E-state index in [1.807, 2.05) is 6.07 Å². The third-order valence-corrected chi connectivity index (χ3v) is 3.99. The summed E-state index contributed by atoms with van der Waals surface area (Å²) < 4.78 is 0. The van der Waals surface area contributed by atoms with E-state index in [0.29, 0.717) is 22.1 Å². The van der Waals surface area contributed by atoms with Gasteiger partial charge in [-0.2, -0.15) is 5.26 Å². The minimum Gasteiger partial charge on any atom is -0.321 e. The number of carbonyl (C=O) groups is 1. The molecule has 8 heteroatoms. The van der Waals surface area contributed by atoms with Crippen LogP contribution in [0.1, 0.15) is 16.1 Å². The minimum absolute atomic E-state index is 0.262. The van der Waals surface area contributed by atoms with Crippen molar-refractivity contribution >= 4 is 34.5 Å². The van der Waals surface area contributed by atoms with Gasteiger partial charge in [-0.05, 0) is 24.3 Å². The maximum Gasteiger partial charge on any atom is 0.275 e. The molecule has 0 fully saturated rings. The molecule has 23 heavy (non-hydrogen) atoms. The van der Waals surface area contributed by atoms with Crippen molar-refractivity contribution in [3.63, 3.8) is 0 Å². The number of carbonyl (C=O) groups excluding carboxylic acids is 1. The number of benzene rings is 1. The lowest BCUT2D eigenvalue weighted by Crippen LogP contribution is -2.12. The third kappa shape index (κ3) is 3.34. The van der Waals surface area contributed by atoms with E-state index in [0.717, 1.165) is 0 Å². The molecule has 3 aromatic rings. The van der Waals surface area contributed by atoms with E-state index in [9.17, 15) is 4.79 Å². The number of amides is 1. The van der Waals surface area contributed by atoms with Gasteiger partial charge < -0.3 is 5.32 Å². The number of thiazole rings is 1. The summed E-state index contributed by atoms with van der Waals surface area (Å²) in [5.41, 5.74) is 1.10. The van der Waals surface area contributed by atoms with Crippen molar-refractivity contribution in [1.29, 1.82) is 5.26 Å². The normalized spacial score (nSPS) is 10.1. The highest BCUT2D eigenvalue weighted by atomic mass is 35.5. The lowest BCUT2D eigenvalue weighted by Gasteiger charge is -2.04. The molecule has 2 heterocycles. The minimum atomic E-state index is -0.371. The number of hydrogen-bond donors (Lipinski definition) is 1. The molecule has 0 aliphatic heterocycles. The standard InChI is InChI=1S/C15H8ClN5OS/c16-11-6-10(3-2-9(11)7-17)20-14(22)12-8-23-15(21-12)13-18-4-1-5-19-13/h1-6,8H,(H,20,22). The topological polar surface area (TPSA) is 91.6 Å². The Bertz CT molecular complexity index is 904. The van der Waals surface area contributed by atoms with Crippen LogP contribution in [-0.2, 0) is 0 Å². The van der Waals surface area contributed by atoms with Gasteiger partial charge in [-0.25, -0.2) is 15.0 Å². The molecule has 0 aliphatic carbocycles. The van der Waals surface area contributed by atoms with Crippen molar-refractivity contribution in [1.82, 2.24) is 15.0 Å². The van der Waals surface area contributed by atoms with Gasteiger partial charge in [-0.15, -0.1) is 11.3 Å². The van der Waals surface area contributed by atoms with Crippen LogP contribution in [0.2, 0.25) is 5.02 Å². The van der Waals surface area contributed by atoms with Crippen molar-refractivity contribution in [2.45, 2.75) is 0 Å². The highest BCUT2D eigenvalue weighted by Gasteiger charge is 2.14. The Morgan fingerprint density at radius 3 is 2.78 bits per heavy atom. The van der Waals surface area contributed by atoms with Gasteiger partial charge in [-0.1, -0.05) is 11.6 Å². The first-order chi connectivity index (χ1) is 11.2. The summed E-state index contributed by atoms with van der Waals surface area (Å²) in [5.74, 6) is 0.0992. The van der Waals surface area contributed by atoms with E-state index < -0.39 is 0 Å². The molecule has 0 saturated carbocycles. The number of nitrogens with one attached hydrogen (secondary N) is 1. The molecule has 0 radical (unpaired) electrons. The SMILES string of the molecule is N#Cc1ccc(NC(=O)c2csc(-c3ncccn3)n2)cc1Cl. The predicted octanol–water partition coefficient (Wildman–Crippen LogP) is 3.38. The Kier molecular flexibility index (Phi) is 4.28. The Balaban J connectivity index is 1.78. The summed E-state index contributed by atoms with van der Waals surface area (Å²) in [5, 5.41) is 14.0. The molecule has 0 unspecified atom stereocenters. The number of hydrogen-bond acceptors (Lipinski definition) is 6. The molecule has 0 atom stereocenters. The van der Waals surface area contributed by atoms with Crippen molar-refractivity contribution in [2.24, 2.45) is 0 Å². The van der Waals surface area contributed by atoms with E-state index in [2.05, 4.69) is 20.3 Å². The number of anilines is 1. The average molecular weight is 342 g/mol. The summed E-state index contributed by atoms with van der Waals surface area (Å²) in [6, 6.07) is 8.34. The fourth-order valence-electron chi connectivity index (χ4n) is 1.77. The summed E-state index contributed by atoms with van der Waals surface area (Å²) in [6.45, 7) is 0. The molecule has 0 aliphatic rings. The Hall–Kier alpha value is -2.82. The van der Waals surface area contributed by atoms with Crippen molar-refractivity contribution in [3.8, 4) is 16.9 Å². The zero-order chi connectivity index (χ0) is 16.2. The lowest BCUT2D eigenvalue weighted by atomic mass is 10.2. The van der Waals surface area contributed by atoms with Crippen LogP contribution in [0.4, 0.5) is 5.69 Å². The van der Waals surface area contributed by atoms with Gasteiger partial charge in [0.15, 0.2) is 10.8 Å².